The smallest absolute Gasteiger partial charge is 0.142 e. The summed E-state index contributed by atoms with van der Waals surface area (Å²) in [5.74, 6) is 1.42. The monoisotopic (exact) mass is 274 g/mol. The van der Waals surface area contributed by atoms with Gasteiger partial charge in [-0.25, -0.2) is 4.39 Å². The van der Waals surface area contributed by atoms with Crippen LogP contribution >= 0.6 is 23.2 Å². The normalized spacial score (nSPS) is 18.5. The fourth-order valence-corrected chi connectivity index (χ4v) is 3.33. The van der Waals surface area contributed by atoms with Gasteiger partial charge in [0.1, 0.15) is 5.82 Å². The van der Waals surface area contributed by atoms with Gasteiger partial charge in [0.15, 0.2) is 0 Å². The quantitative estimate of drug-likeness (QED) is 0.673. The topological polar surface area (TPSA) is 0 Å². The first-order valence-electron chi connectivity index (χ1n) is 6.21. The van der Waals surface area contributed by atoms with Crippen molar-refractivity contribution in [2.45, 2.75) is 32.1 Å². The van der Waals surface area contributed by atoms with Gasteiger partial charge < -0.3 is 0 Å². The van der Waals surface area contributed by atoms with Crippen molar-refractivity contribution in [1.82, 2.24) is 0 Å². The van der Waals surface area contributed by atoms with Crippen molar-refractivity contribution >= 4 is 23.2 Å². The number of hydrogen-bond donors (Lipinski definition) is 0. The molecule has 17 heavy (non-hydrogen) atoms. The van der Waals surface area contributed by atoms with Crippen LogP contribution in [0.3, 0.4) is 0 Å². The molecule has 0 aromatic heterocycles. The summed E-state index contributed by atoms with van der Waals surface area (Å²) in [4.78, 5) is 0. The molecule has 1 aliphatic carbocycles. The maximum atomic E-state index is 13.3. The molecule has 94 valence electrons. The Morgan fingerprint density at radius 1 is 1.29 bits per heavy atom. The molecule has 0 bridgehead atoms. The molecule has 1 saturated carbocycles. The highest BCUT2D eigenvalue weighted by Gasteiger charge is 2.25. The third-order valence-corrected chi connectivity index (χ3v) is 4.60. The first-order chi connectivity index (χ1) is 8.22. The second-order valence-corrected chi connectivity index (χ2v) is 5.56. The maximum Gasteiger partial charge on any atom is 0.142 e. The molecule has 0 heterocycles. The Bertz CT molecular complexity index is 372. The molecule has 2 rings (SSSR count). The maximum absolute atomic E-state index is 13.3. The van der Waals surface area contributed by atoms with E-state index in [0.29, 0.717) is 17.7 Å². The van der Waals surface area contributed by atoms with Gasteiger partial charge in [-0.05, 0) is 29.9 Å². The molecule has 1 aliphatic rings. The number of hydrogen-bond acceptors (Lipinski definition) is 0. The molecule has 3 heteroatoms. The van der Waals surface area contributed by atoms with Gasteiger partial charge in [-0.2, -0.15) is 0 Å². The lowest BCUT2D eigenvalue weighted by molar-refractivity contribution is 0.369. The Kier molecular flexibility index (Phi) is 4.69. The molecular formula is C14H17Cl2F. The number of rotatable bonds is 4. The lowest BCUT2D eigenvalue weighted by Gasteiger charge is -2.21. The molecule has 0 N–H and O–H groups in total. The fraction of sp³-hybridized carbons (Fsp3) is 0.571. The first-order valence-corrected chi connectivity index (χ1v) is 7.12. The second-order valence-electron chi connectivity index (χ2n) is 4.88. The van der Waals surface area contributed by atoms with Gasteiger partial charge in [0, 0.05) is 5.88 Å². The molecular weight excluding hydrogens is 258 g/mol. The van der Waals surface area contributed by atoms with Crippen molar-refractivity contribution in [1.29, 1.82) is 0 Å². The highest BCUT2D eigenvalue weighted by Crippen LogP contribution is 2.35. The van der Waals surface area contributed by atoms with Crippen LogP contribution in [0.4, 0.5) is 4.39 Å². The number of benzene rings is 1. The van der Waals surface area contributed by atoms with Gasteiger partial charge in [0.2, 0.25) is 0 Å². The van der Waals surface area contributed by atoms with Crippen molar-refractivity contribution in [2.75, 3.05) is 5.88 Å². The molecule has 0 radical (unpaired) electrons. The summed E-state index contributed by atoms with van der Waals surface area (Å²) in [5, 5.41) is 0.264. The van der Waals surface area contributed by atoms with Gasteiger partial charge >= 0.3 is 0 Å². The molecule has 1 fully saturated rings. The summed E-state index contributed by atoms with van der Waals surface area (Å²) in [6.45, 7) is 0. The summed E-state index contributed by atoms with van der Waals surface area (Å²) in [6, 6.07) is 5.02. The predicted molar refractivity (Wildman–Crippen MR) is 71.3 cm³/mol. The second kappa shape index (κ2) is 6.06. The fourth-order valence-electron chi connectivity index (χ4n) is 2.76. The molecule has 1 aromatic carbocycles. The summed E-state index contributed by atoms with van der Waals surface area (Å²) < 4.78 is 13.3. The molecule has 0 saturated heterocycles. The minimum absolute atomic E-state index is 0.264. The van der Waals surface area contributed by atoms with E-state index >= 15 is 0 Å². The predicted octanol–water partition coefficient (Wildman–Crippen LogP) is 5.07. The van der Waals surface area contributed by atoms with Crippen molar-refractivity contribution < 1.29 is 4.39 Å². The van der Waals surface area contributed by atoms with Crippen LogP contribution in [-0.4, -0.2) is 5.88 Å². The number of alkyl halides is 1. The Hall–Kier alpha value is -0.270. The standard InChI is InChI=1S/C14H17Cl2F/c15-9-12(10-4-1-2-5-10)8-11-6-3-7-13(17)14(11)16/h3,6-7,10,12H,1-2,4-5,8-9H2. The van der Waals surface area contributed by atoms with E-state index < -0.39 is 0 Å². The van der Waals surface area contributed by atoms with E-state index in [-0.39, 0.29) is 10.8 Å². The van der Waals surface area contributed by atoms with E-state index in [9.17, 15) is 4.39 Å². The molecule has 0 aliphatic heterocycles. The average molecular weight is 275 g/mol. The van der Waals surface area contributed by atoms with Crippen molar-refractivity contribution in [3.05, 3.63) is 34.6 Å². The Morgan fingerprint density at radius 3 is 2.65 bits per heavy atom. The zero-order valence-electron chi connectivity index (χ0n) is 9.76. The van der Waals surface area contributed by atoms with Crippen molar-refractivity contribution in [3.63, 3.8) is 0 Å². The largest absolute Gasteiger partial charge is 0.205 e. The molecule has 1 atom stereocenters. The van der Waals surface area contributed by atoms with Crippen LogP contribution in [0.15, 0.2) is 18.2 Å². The Labute approximate surface area is 112 Å². The van der Waals surface area contributed by atoms with Gasteiger partial charge in [-0.3, -0.25) is 0 Å². The van der Waals surface area contributed by atoms with E-state index in [1.807, 2.05) is 6.07 Å². The third kappa shape index (κ3) is 3.14. The van der Waals surface area contributed by atoms with Gasteiger partial charge in [0.25, 0.3) is 0 Å². The summed E-state index contributed by atoms with van der Waals surface area (Å²) in [7, 11) is 0. The van der Waals surface area contributed by atoms with E-state index in [1.165, 1.54) is 31.7 Å². The average Bonchev–Trinajstić information content (AvgIpc) is 2.85. The van der Waals surface area contributed by atoms with E-state index in [2.05, 4.69) is 0 Å². The van der Waals surface area contributed by atoms with Gasteiger partial charge in [-0.15, -0.1) is 11.6 Å². The van der Waals surface area contributed by atoms with Crippen LogP contribution in [0, 0.1) is 17.7 Å². The zero-order valence-corrected chi connectivity index (χ0v) is 11.3. The molecule has 0 spiro atoms. The van der Waals surface area contributed by atoms with Crippen LogP contribution in [0.2, 0.25) is 5.02 Å². The van der Waals surface area contributed by atoms with Gasteiger partial charge in [-0.1, -0.05) is 49.4 Å². The number of halogens is 3. The first kappa shape index (κ1) is 13.2. The van der Waals surface area contributed by atoms with Crippen LogP contribution in [0.1, 0.15) is 31.2 Å². The Balaban J connectivity index is 2.09. The minimum Gasteiger partial charge on any atom is -0.205 e. The summed E-state index contributed by atoms with van der Waals surface area (Å²) in [6.07, 6.45) is 5.91. The van der Waals surface area contributed by atoms with E-state index in [0.717, 1.165) is 12.0 Å². The highest BCUT2D eigenvalue weighted by molar-refractivity contribution is 6.31. The highest BCUT2D eigenvalue weighted by atomic mass is 35.5. The zero-order chi connectivity index (χ0) is 12.3. The minimum atomic E-state index is -0.330. The lowest BCUT2D eigenvalue weighted by Crippen LogP contribution is -2.16. The Morgan fingerprint density at radius 2 is 2.00 bits per heavy atom. The van der Waals surface area contributed by atoms with Crippen LogP contribution in [0.25, 0.3) is 0 Å². The van der Waals surface area contributed by atoms with Crippen molar-refractivity contribution in [3.8, 4) is 0 Å². The summed E-state index contributed by atoms with van der Waals surface area (Å²) in [5.41, 5.74) is 0.893. The van der Waals surface area contributed by atoms with Gasteiger partial charge in [0.05, 0.1) is 5.02 Å². The summed E-state index contributed by atoms with van der Waals surface area (Å²) >= 11 is 12.0. The van der Waals surface area contributed by atoms with Crippen LogP contribution in [0.5, 0.6) is 0 Å². The van der Waals surface area contributed by atoms with Crippen molar-refractivity contribution in [2.24, 2.45) is 11.8 Å². The van der Waals surface area contributed by atoms with E-state index in [4.69, 9.17) is 23.2 Å². The molecule has 1 unspecified atom stereocenters. The molecule has 0 nitrogen and oxygen atoms in total. The van der Waals surface area contributed by atoms with Crippen LogP contribution < -0.4 is 0 Å². The SMILES string of the molecule is Fc1cccc(CC(CCl)C2CCCC2)c1Cl. The van der Waals surface area contributed by atoms with Crippen LogP contribution in [-0.2, 0) is 6.42 Å². The third-order valence-electron chi connectivity index (χ3n) is 3.78. The van der Waals surface area contributed by atoms with E-state index in [1.54, 1.807) is 6.07 Å². The lowest BCUT2D eigenvalue weighted by atomic mass is 9.87. The molecule has 1 aromatic rings. The molecule has 0 amide bonds.